The molecule has 1 aliphatic heterocycles. The van der Waals surface area contributed by atoms with Crippen LogP contribution in [0.4, 0.5) is 8.78 Å². The number of aromatic nitrogens is 2. The molecule has 3 aromatic rings. The van der Waals surface area contributed by atoms with Gasteiger partial charge in [0.25, 0.3) is 0 Å². The number of sulfonamides is 1. The normalized spacial score (nSPS) is 17.9. The van der Waals surface area contributed by atoms with E-state index in [1.165, 1.54) is 28.6 Å². The summed E-state index contributed by atoms with van der Waals surface area (Å²) in [6.07, 6.45) is 1.94. The predicted molar refractivity (Wildman–Crippen MR) is 107 cm³/mol. The van der Waals surface area contributed by atoms with Gasteiger partial charge in [-0.05, 0) is 48.6 Å². The Morgan fingerprint density at radius 2 is 1.97 bits per heavy atom. The van der Waals surface area contributed by atoms with E-state index in [1.807, 2.05) is 0 Å². The average Bonchev–Trinajstić information content (AvgIpc) is 3.16. The van der Waals surface area contributed by atoms with Gasteiger partial charge in [0.15, 0.2) is 0 Å². The quantitative estimate of drug-likeness (QED) is 0.591. The van der Waals surface area contributed by atoms with Crippen molar-refractivity contribution >= 4 is 10.0 Å². The summed E-state index contributed by atoms with van der Waals surface area (Å²) in [6, 6.07) is 11.8. The van der Waals surface area contributed by atoms with Crippen molar-refractivity contribution in [3.05, 3.63) is 71.6 Å². The number of nitrogens with zero attached hydrogens (tertiary/aromatic N) is 3. The SMILES string of the molecule is O=S(=O)(Cc1cccc(F)c1)N1CCCC(Cc2nc(-c3ccccc3F)no2)C1. The Hall–Kier alpha value is -2.65. The first kappa shape index (κ1) is 20.6. The Bertz CT molecular complexity index is 1130. The van der Waals surface area contributed by atoms with Gasteiger partial charge in [0, 0.05) is 19.5 Å². The molecule has 0 N–H and O–H groups in total. The third-order valence-corrected chi connectivity index (χ3v) is 6.98. The van der Waals surface area contributed by atoms with E-state index >= 15 is 0 Å². The Kier molecular flexibility index (Phi) is 5.92. The second-order valence-corrected chi connectivity index (χ2v) is 9.42. The zero-order chi connectivity index (χ0) is 21.1. The van der Waals surface area contributed by atoms with Gasteiger partial charge in [-0.1, -0.05) is 29.4 Å². The van der Waals surface area contributed by atoms with Crippen LogP contribution in [0, 0.1) is 17.6 Å². The molecular formula is C21H21F2N3O3S. The summed E-state index contributed by atoms with van der Waals surface area (Å²) in [6.45, 7) is 0.757. The van der Waals surface area contributed by atoms with Crippen LogP contribution in [0.5, 0.6) is 0 Å². The van der Waals surface area contributed by atoms with Gasteiger partial charge >= 0.3 is 0 Å². The summed E-state index contributed by atoms with van der Waals surface area (Å²) in [5.74, 6) is -0.597. The van der Waals surface area contributed by atoms with E-state index in [1.54, 1.807) is 24.3 Å². The Morgan fingerprint density at radius 1 is 1.13 bits per heavy atom. The molecule has 0 amide bonds. The van der Waals surface area contributed by atoms with Crippen molar-refractivity contribution in [2.45, 2.75) is 25.0 Å². The third-order valence-electron chi connectivity index (χ3n) is 5.16. The lowest BCUT2D eigenvalue weighted by molar-refractivity contribution is 0.247. The molecule has 0 spiro atoms. The highest BCUT2D eigenvalue weighted by molar-refractivity contribution is 7.88. The van der Waals surface area contributed by atoms with Gasteiger partial charge in [-0.25, -0.2) is 21.5 Å². The van der Waals surface area contributed by atoms with Crippen molar-refractivity contribution in [3.63, 3.8) is 0 Å². The molecule has 0 radical (unpaired) electrons. The summed E-state index contributed by atoms with van der Waals surface area (Å²) in [7, 11) is -3.57. The van der Waals surface area contributed by atoms with Crippen LogP contribution < -0.4 is 0 Å². The van der Waals surface area contributed by atoms with Crippen LogP contribution in [0.2, 0.25) is 0 Å². The highest BCUT2D eigenvalue weighted by Crippen LogP contribution is 2.25. The van der Waals surface area contributed by atoms with Gasteiger partial charge in [-0.15, -0.1) is 0 Å². The molecular weight excluding hydrogens is 412 g/mol. The topological polar surface area (TPSA) is 76.3 Å². The van der Waals surface area contributed by atoms with Gasteiger partial charge in [-0.3, -0.25) is 0 Å². The fourth-order valence-electron chi connectivity index (χ4n) is 3.71. The number of halogens is 2. The lowest BCUT2D eigenvalue weighted by atomic mass is 9.96. The maximum absolute atomic E-state index is 13.9. The van der Waals surface area contributed by atoms with E-state index in [-0.39, 0.29) is 23.1 Å². The van der Waals surface area contributed by atoms with Crippen molar-refractivity contribution in [2.24, 2.45) is 5.92 Å². The van der Waals surface area contributed by atoms with E-state index in [0.717, 1.165) is 6.42 Å². The predicted octanol–water partition coefficient (Wildman–Crippen LogP) is 3.80. The van der Waals surface area contributed by atoms with Crippen LogP contribution in [0.3, 0.4) is 0 Å². The zero-order valence-electron chi connectivity index (χ0n) is 16.2. The number of hydrogen-bond acceptors (Lipinski definition) is 5. The van der Waals surface area contributed by atoms with Crippen LogP contribution in [-0.4, -0.2) is 36.0 Å². The van der Waals surface area contributed by atoms with Crippen LogP contribution in [0.1, 0.15) is 24.3 Å². The van der Waals surface area contributed by atoms with Crippen molar-refractivity contribution < 1.29 is 21.7 Å². The maximum Gasteiger partial charge on any atom is 0.227 e. The molecule has 1 saturated heterocycles. The van der Waals surface area contributed by atoms with E-state index in [2.05, 4.69) is 10.1 Å². The van der Waals surface area contributed by atoms with Crippen molar-refractivity contribution in [2.75, 3.05) is 13.1 Å². The van der Waals surface area contributed by atoms with Crippen LogP contribution >= 0.6 is 0 Å². The summed E-state index contributed by atoms with van der Waals surface area (Å²) >= 11 is 0. The first-order valence-electron chi connectivity index (χ1n) is 9.70. The third kappa shape index (κ3) is 4.73. The monoisotopic (exact) mass is 433 g/mol. The average molecular weight is 433 g/mol. The summed E-state index contributed by atoms with van der Waals surface area (Å²) in [5.41, 5.74) is 0.680. The second kappa shape index (κ2) is 8.61. The first-order valence-corrected chi connectivity index (χ1v) is 11.3. The number of piperidine rings is 1. The number of benzene rings is 2. The first-order chi connectivity index (χ1) is 14.4. The molecule has 1 fully saturated rings. The second-order valence-electron chi connectivity index (χ2n) is 7.45. The van der Waals surface area contributed by atoms with Gasteiger partial charge in [0.05, 0.1) is 11.3 Å². The molecule has 4 rings (SSSR count). The molecule has 158 valence electrons. The smallest absolute Gasteiger partial charge is 0.227 e. The minimum atomic E-state index is -3.57. The molecule has 1 unspecified atom stereocenters. The lowest BCUT2D eigenvalue weighted by Crippen LogP contribution is -2.41. The van der Waals surface area contributed by atoms with Gasteiger partial charge in [0.2, 0.25) is 21.7 Å². The molecule has 1 aromatic heterocycles. The molecule has 1 atom stereocenters. The van der Waals surface area contributed by atoms with E-state index in [4.69, 9.17) is 4.52 Å². The highest BCUT2D eigenvalue weighted by atomic mass is 32.2. The van der Waals surface area contributed by atoms with Gasteiger partial charge < -0.3 is 4.52 Å². The molecule has 2 aromatic carbocycles. The van der Waals surface area contributed by atoms with Crippen LogP contribution in [-0.2, 0) is 22.2 Å². The van der Waals surface area contributed by atoms with Crippen LogP contribution in [0.15, 0.2) is 53.1 Å². The van der Waals surface area contributed by atoms with Gasteiger partial charge in [0.1, 0.15) is 11.6 Å². The molecule has 9 heteroatoms. The van der Waals surface area contributed by atoms with Gasteiger partial charge in [-0.2, -0.15) is 4.98 Å². The summed E-state index contributed by atoms with van der Waals surface area (Å²) < 4.78 is 59.6. The standard InChI is InChI=1S/C21H21F2N3O3S/c22-17-7-3-5-16(11-17)14-30(27,28)26-10-4-6-15(13-26)12-20-24-21(25-29-20)18-8-1-2-9-19(18)23/h1-3,5,7-9,11,15H,4,6,10,12-14H2. The van der Waals surface area contributed by atoms with Crippen molar-refractivity contribution in [3.8, 4) is 11.4 Å². The summed E-state index contributed by atoms with van der Waals surface area (Å²) in [5, 5.41) is 3.85. The van der Waals surface area contributed by atoms with Crippen LogP contribution in [0.25, 0.3) is 11.4 Å². The van der Waals surface area contributed by atoms with E-state index < -0.39 is 21.7 Å². The molecule has 0 bridgehead atoms. The molecule has 6 nitrogen and oxygen atoms in total. The Labute approximate surface area is 173 Å². The summed E-state index contributed by atoms with van der Waals surface area (Å²) in [4.78, 5) is 4.27. The molecule has 2 heterocycles. The maximum atomic E-state index is 13.9. The largest absolute Gasteiger partial charge is 0.339 e. The van der Waals surface area contributed by atoms with E-state index in [9.17, 15) is 17.2 Å². The molecule has 30 heavy (non-hydrogen) atoms. The minimum absolute atomic E-state index is 0.00922. The van der Waals surface area contributed by atoms with Crippen molar-refractivity contribution in [1.29, 1.82) is 0 Å². The Morgan fingerprint density at radius 3 is 2.77 bits per heavy atom. The fraction of sp³-hybridized carbons (Fsp3) is 0.333. The molecule has 1 aliphatic rings. The number of hydrogen-bond donors (Lipinski definition) is 0. The van der Waals surface area contributed by atoms with Crippen molar-refractivity contribution in [1.82, 2.24) is 14.4 Å². The van der Waals surface area contributed by atoms with E-state index in [0.29, 0.717) is 37.4 Å². The molecule has 0 aliphatic carbocycles. The minimum Gasteiger partial charge on any atom is -0.339 e. The Balaban J connectivity index is 1.42. The fourth-order valence-corrected chi connectivity index (χ4v) is 5.34. The lowest BCUT2D eigenvalue weighted by Gasteiger charge is -2.31. The number of rotatable bonds is 6. The molecule has 0 saturated carbocycles. The highest BCUT2D eigenvalue weighted by Gasteiger charge is 2.30. The zero-order valence-corrected chi connectivity index (χ0v) is 17.0.